The third-order valence-electron chi connectivity index (χ3n) is 3.69. The number of thiazole rings is 1. The molecule has 0 saturated heterocycles. The summed E-state index contributed by atoms with van der Waals surface area (Å²) in [4.78, 5) is 31.6. The van der Waals surface area contributed by atoms with Crippen molar-refractivity contribution in [3.8, 4) is 0 Å². The quantitative estimate of drug-likeness (QED) is 0.497. The Morgan fingerprint density at radius 3 is 2.50 bits per heavy atom. The zero-order valence-electron chi connectivity index (χ0n) is 15.5. The van der Waals surface area contributed by atoms with E-state index in [4.69, 9.17) is 4.74 Å². The van der Waals surface area contributed by atoms with Gasteiger partial charge in [-0.2, -0.15) is 0 Å². The maximum absolute atomic E-state index is 12.5. The molecule has 0 N–H and O–H groups in total. The number of aromatic nitrogens is 1. The van der Waals surface area contributed by atoms with E-state index in [0.29, 0.717) is 11.3 Å². The molecule has 0 unspecified atom stereocenters. The highest BCUT2D eigenvalue weighted by Crippen LogP contribution is 2.26. The van der Waals surface area contributed by atoms with Crippen molar-refractivity contribution in [3.05, 3.63) is 46.4 Å². The van der Waals surface area contributed by atoms with Crippen molar-refractivity contribution in [2.75, 3.05) is 6.61 Å². The Hall–Kier alpha value is -1.86. The van der Waals surface area contributed by atoms with Crippen molar-refractivity contribution in [2.45, 2.75) is 50.4 Å². The number of amides is 1. The third-order valence-corrected chi connectivity index (χ3v) is 5.44. The molecule has 26 heavy (non-hydrogen) atoms. The normalized spacial score (nSPS) is 11.0. The van der Waals surface area contributed by atoms with Crippen LogP contribution in [0.2, 0.25) is 0 Å². The predicted octanol–water partition coefficient (Wildman–Crippen LogP) is 4.24. The molecule has 1 aromatic carbocycles. The molecule has 0 radical (unpaired) electrons. The number of nitrogens with zero attached hydrogens (tertiary/aromatic N) is 2. The fourth-order valence-electron chi connectivity index (χ4n) is 2.67. The Morgan fingerprint density at radius 1 is 1.19 bits per heavy atom. The number of ether oxygens (including phenoxy) is 1. The summed E-state index contributed by atoms with van der Waals surface area (Å²) in [6.45, 7) is 7.54. The van der Waals surface area contributed by atoms with Gasteiger partial charge in [0, 0.05) is 28.1 Å². The highest BCUT2D eigenvalue weighted by molar-refractivity contribution is 7.98. The lowest BCUT2D eigenvalue weighted by molar-refractivity contribution is -0.138. The third kappa shape index (κ3) is 5.57. The summed E-state index contributed by atoms with van der Waals surface area (Å²) in [5.74, 6) is 0.0180. The average Bonchev–Trinajstić information content (AvgIpc) is 3.11. The van der Waals surface area contributed by atoms with Gasteiger partial charge in [0.05, 0.1) is 16.8 Å². The van der Waals surface area contributed by atoms with E-state index in [1.54, 1.807) is 33.9 Å². The van der Waals surface area contributed by atoms with Gasteiger partial charge >= 0.3 is 5.97 Å². The summed E-state index contributed by atoms with van der Waals surface area (Å²) in [6, 6.07) is 7.39. The first-order valence-electron chi connectivity index (χ1n) is 8.47. The molecule has 0 spiro atoms. The van der Waals surface area contributed by atoms with Crippen molar-refractivity contribution in [2.24, 2.45) is 0 Å². The molecule has 0 fully saturated rings. The van der Waals surface area contributed by atoms with Crippen LogP contribution >= 0.6 is 23.1 Å². The second-order valence-corrected chi connectivity index (χ2v) is 8.07. The minimum Gasteiger partial charge on any atom is -0.452 e. The maximum atomic E-state index is 12.5. The SMILES string of the molecule is CC(C)N(C(=O)COC(=O)c1ccccc1SCc1cscn1)C(C)C. The van der Waals surface area contributed by atoms with E-state index < -0.39 is 5.97 Å². The minimum absolute atomic E-state index is 0.0576. The van der Waals surface area contributed by atoms with E-state index in [-0.39, 0.29) is 24.6 Å². The van der Waals surface area contributed by atoms with Crippen LogP contribution in [-0.2, 0) is 15.3 Å². The molecule has 5 nitrogen and oxygen atoms in total. The van der Waals surface area contributed by atoms with Gasteiger partial charge in [-0.15, -0.1) is 23.1 Å². The Balaban J connectivity index is 2.00. The van der Waals surface area contributed by atoms with E-state index in [1.165, 1.54) is 11.8 Å². The zero-order valence-corrected chi connectivity index (χ0v) is 17.1. The second-order valence-electron chi connectivity index (χ2n) is 6.33. The number of hydrogen-bond acceptors (Lipinski definition) is 6. The van der Waals surface area contributed by atoms with Crippen molar-refractivity contribution in [1.82, 2.24) is 9.88 Å². The van der Waals surface area contributed by atoms with Crippen LogP contribution in [0.5, 0.6) is 0 Å². The summed E-state index contributed by atoms with van der Waals surface area (Å²) in [5, 5.41) is 1.99. The van der Waals surface area contributed by atoms with Gasteiger partial charge in [0.1, 0.15) is 0 Å². The number of hydrogen-bond donors (Lipinski definition) is 0. The average molecular weight is 393 g/mol. The van der Waals surface area contributed by atoms with Crippen LogP contribution in [0.3, 0.4) is 0 Å². The number of esters is 1. The molecule has 0 saturated carbocycles. The van der Waals surface area contributed by atoms with E-state index in [1.807, 2.05) is 45.2 Å². The first-order chi connectivity index (χ1) is 12.4. The molecule has 0 atom stereocenters. The molecule has 0 aliphatic heterocycles. The van der Waals surface area contributed by atoms with Gasteiger partial charge in [-0.1, -0.05) is 12.1 Å². The molecule has 1 amide bonds. The van der Waals surface area contributed by atoms with E-state index in [9.17, 15) is 9.59 Å². The minimum atomic E-state index is -0.479. The van der Waals surface area contributed by atoms with Crippen LogP contribution in [0, 0.1) is 0 Å². The number of benzene rings is 1. The molecule has 1 heterocycles. The molecule has 1 aromatic heterocycles. The van der Waals surface area contributed by atoms with E-state index >= 15 is 0 Å². The fraction of sp³-hybridized carbons (Fsp3) is 0.421. The van der Waals surface area contributed by atoms with Crippen LogP contribution in [-0.4, -0.2) is 40.5 Å². The van der Waals surface area contributed by atoms with Crippen LogP contribution in [0.4, 0.5) is 0 Å². The summed E-state index contributed by atoms with van der Waals surface area (Å²) in [7, 11) is 0. The largest absolute Gasteiger partial charge is 0.452 e. The summed E-state index contributed by atoms with van der Waals surface area (Å²) < 4.78 is 5.29. The second kappa shape index (κ2) is 9.73. The van der Waals surface area contributed by atoms with Gasteiger partial charge in [-0.3, -0.25) is 4.79 Å². The van der Waals surface area contributed by atoms with Gasteiger partial charge in [0.2, 0.25) is 0 Å². The zero-order chi connectivity index (χ0) is 19.1. The van der Waals surface area contributed by atoms with Gasteiger partial charge in [0.25, 0.3) is 5.91 Å². The molecule has 2 rings (SSSR count). The Bertz CT molecular complexity index is 722. The van der Waals surface area contributed by atoms with Gasteiger partial charge < -0.3 is 9.64 Å². The number of carbonyl (C=O) groups is 2. The Kier molecular flexibility index (Phi) is 7.66. The number of thioether (sulfide) groups is 1. The molecule has 0 bridgehead atoms. The Labute approximate surface area is 162 Å². The first-order valence-corrected chi connectivity index (χ1v) is 10.4. The lowest BCUT2D eigenvalue weighted by Crippen LogP contribution is -2.44. The van der Waals surface area contributed by atoms with Crippen LogP contribution in [0.15, 0.2) is 40.1 Å². The fourth-order valence-corrected chi connectivity index (χ4v) is 4.28. The van der Waals surface area contributed by atoms with Crippen molar-refractivity contribution in [1.29, 1.82) is 0 Å². The smallest absolute Gasteiger partial charge is 0.339 e. The summed E-state index contributed by atoms with van der Waals surface area (Å²) >= 11 is 3.08. The maximum Gasteiger partial charge on any atom is 0.339 e. The first kappa shape index (κ1) is 20.5. The summed E-state index contributed by atoms with van der Waals surface area (Å²) in [6.07, 6.45) is 0. The monoisotopic (exact) mass is 392 g/mol. The standard InChI is InChI=1S/C19H24N2O3S2/c1-13(2)21(14(3)4)18(22)9-24-19(23)16-7-5-6-8-17(16)26-11-15-10-25-12-20-15/h5-8,10,12-14H,9,11H2,1-4H3. The predicted molar refractivity (Wildman–Crippen MR) is 106 cm³/mol. The molecule has 7 heteroatoms. The van der Waals surface area contributed by atoms with Crippen molar-refractivity contribution >= 4 is 35.0 Å². The topological polar surface area (TPSA) is 59.5 Å². The number of carbonyl (C=O) groups excluding carboxylic acids is 2. The molecular weight excluding hydrogens is 368 g/mol. The molecule has 2 aromatic rings. The van der Waals surface area contributed by atoms with Crippen molar-refractivity contribution in [3.63, 3.8) is 0 Å². The van der Waals surface area contributed by atoms with Crippen LogP contribution in [0.1, 0.15) is 43.7 Å². The Morgan fingerprint density at radius 2 is 1.88 bits per heavy atom. The lowest BCUT2D eigenvalue weighted by atomic mass is 10.2. The molecule has 140 valence electrons. The van der Waals surface area contributed by atoms with Crippen LogP contribution < -0.4 is 0 Å². The molecular formula is C19H24N2O3S2. The van der Waals surface area contributed by atoms with E-state index in [2.05, 4.69) is 4.98 Å². The van der Waals surface area contributed by atoms with Gasteiger partial charge in [-0.25, -0.2) is 9.78 Å². The van der Waals surface area contributed by atoms with Crippen LogP contribution in [0.25, 0.3) is 0 Å². The molecule has 0 aliphatic rings. The number of rotatable bonds is 8. The highest BCUT2D eigenvalue weighted by atomic mass is 32.2. The lowest BCUT2D eigenvalue weighted by Gasteiger charge is -2.30. The summed E-state index contributed by atoms with van der Waals surface area (Å²) in [5.41, 5.74) is 3.24. The van der Waals surface area contributed by atoms with Crippen molar-refractivity contribution < 1.29 is 14.3 Å². The highest BCUT2D eigenvalue weighted by Gasteiger charge is 2.22. The molecule has 0 aliphatic carbocycles. The van der Waals surface area contributed by atoms with Gasteiger partial charge in [0.15, 0.2) is 6.61 Å². The van der Waals surface area contributed by atoms with E-state index in [0.717, 1.165) is 10.6 Å². The van der Waals surface area contributed by atoms with Gasteiger partial charge in [-0.05, 0) is 39.8 Å².